The van der Waals surface area contributed by atoms with Crippen LogP contribution in [0, 0.1) is 6.92 Å². The van der Waals surface area contributed by atoms with Crippen LogP contribution in [0.2, 0.25) is 0 Å². The van der Waals surface area contributed by atoms with E-state index in [1.807, 2.05) is 18.2 Å². The molecule has 0 atom stereocenters. The highest BCUT2D eigenvalue weighted by Gasteiger charge is 2.03. The van der Waals surface area contributed by atoms with E-state index in [1.165, 1.54) is 16.5 Å². The van der Waals surface area contributed by atoms with Gasteiger partial charge >= 0.3 is 0 Å². The Balaban J connectivity index is 1.78. The lowest BCUT2D eigenvalue weighted by molar-refractivity contribution is 0.412. The van der Waals surface area contributed by atoms with E-state index in [-0.39, 0.29) is 0 Å². The van der Waals surface area contributed by atoms with E-state index in [1.54, 1.807) is 7.11 Å². The van der Waals surface area contributed by atoms with E-state index in [0.29, 0.717) is 0 Å². The second-order valence-corrected chi connectivity index (χ2v) is 4.90. The Morgan fingerprint density at radius 3 is 2.80 bits per heavy atom. The van der Waals surface area contributed by atoms with Gasteiger partial charge in [-0.1, -0.05) is 18.2 Å². The van der Waals surface area contributed by atoms with Gasteiger partial charge in [-0.15, -0.1) is 0 Å². The number of hydrogen-bond acceptors (Lipinski definition) is 2. The average Bonchev–Trinajstić information content (AvgIpc) is 2.88. The van der Waals surface area contributed by atoms with Gasteiger partial charge in [0.1, 0.15) is 5.75 Å². The quantitative estimate of drug-likeness (QED) is 0.746. The zero-order valence-corrected chi connectivity index (χ0v) is 11.7. The lowest BCUT2D eigenvalue weighted by Crippen LogP contribution is -1.99. The summed E-state index contributed by atoms with van der Waals surface area (Å²) in [5.41, 5.74) is 4.69. The fourth-order valence-corrected chi connectivity index (χ4v) is 2.46. The molecule has 102 valence electrons. The fraction of sp³-hybridized carbons (Fsp3) is 0.176. The van der Waals surface area contributed by atoms with Crippen molar-refractivity contribution < 1.29 is 4.74 Å². The number of aromatic nitrogens is 1. The van der Waals surface area contributed by atoms with Gasteiger partial charge in [0.15, 0.2) is 0 Å². The summed E-state index contributed by atoms with van der Waals surface area (Å²) in [6.07, 6.45) is 2.06. The van der Waals surface area contributed by atoms with Crippen molar-refractivity contribution in [2.45, 2.75) is 13.5 Å². The van der Waals surface area contributed by atoms with Crippen LogP contribution in [-0.2, 0) is 6.54 Å². The summed E-state index contributed by atoms with van der Waals surface area (Å²) >= 11 is 0. The first kappa shape index (κ1) is 12.6. The van der Waals surface area contributed by atoms with E-state index >= 15 is 0 Å². The zero-order valence-electron chi connectivity index (χ0n) is 11.7. The van der Waals surface area contributed by atoms with Gasteiger partial charge in [0.2, 0.25) is 0 Å². The minimum Gasteiger partial charge on any atom is -0.496 e. The van der Waals surface area contributed by atoms with Crippen molar-refractivity contribution in [1.29, 1.82) is 0 Å². The van der Waals surface area contributed by atoms with Crippen molar-refractivity contribution in [3.8, 4) is 5.75 Å². The number of benzene rings is 2. The third kappa shape index (κ3) is 2.35. The molecule has 0 saturated carbocycles. The van der Waals surface area contributed by atoms with Crippen LogP contribution in [0.3, 0.4) is 0 Å². The Morgan fingerprint density at radius 2 is 2.00 bits per heavy atom. The monoisotopic (exact) mass is 266 g/mol. The number of aromatic amines is 1. The molecule has 0 fully saturated rings. The van der Waals surface area contributed by atoms with Gasteiger partial charge in [0, 0.05) is 29.3 Å². The normalized spacial score (nSPS) is 10.7. The van der Waals surface area contributed by atoms with Crippen molar-refractivity contribution >= 4 is 16.6 Å². The van der Waals surface area contributed by atoms with Gasteiger partial charge in [0.05, 0.1) is 7.11 Å². The van der Waals surface area contributed by atoms with E-state index in [4.69, 9.17) is 4.74 Å². The number of rotatable bonds is 4. The number of para-hydroxylation sites is 1. The molecule has 2 aromatic carbocycles. The zero-order chi connectivity index (χ0) is 13.9. The molecule has 0 saturated heterocycles. The summed E-state index contributed by atoms with van der Waals surface area (Å²) in [5.74, 6) is 0.919. The third-order valence-electron chi connectivity index (χ3n) is 3.55. The van der Waals surface area contributed by atoms with Crippen LogP contribution in [0.5, 0.6) is 5.75 Å². The predicted octanol–water partition coefficient (Wildman–Crippen LogP) is 4.10. The van der Waals surface area contributed by atoms with Crippen molar-refractivity contribution in [2.24, 2.45) is 0 Å². The molecule has 3 aromatic rings. The molecule has 3 nitrogen and oxygen atoms in total. The molecule has 0 aliphatic rings. The highest BCUT2D eigenvalue weighted by molar-refractivity contribution is 5.83. The van der Waals surface area contributed by atoms with Gasteiger partial charge in [-0.25, -0.2) is 0 Å². The number of nitrogens with one attached hydrogen (secondary N) is 2. The number of anilines is 1. The molecule has 0 bridgehead atoms. The highest BCUT2D eigenvalue weighted by atomic mass is 16.5. The Kier molecular flexibility index (Phi) is 3.33. The summed E-state index contributed by atoms with van der Waals surface area (Å²) in [7, 11) is 1.70. The lowest BCUT2D eigenvalue weighted by atomic mass is 10.1. The molecular weight excluding hydrogens is 248 g/mol. The molecule has 0 amide bonds. The summed E-state index contributed by atoms with van der Waals surface area (Å²) < 4.78 is 5.28. The van der Waals surface area contributed by atoms with Gasteiger partial charge in [-0.3, -0.25) is 0 Å². The SMILES string of the molecule is COc1ccc(NCc2c[nH]c3ccccc23)cc1C. The lowest BCUT2D eigenvalue weighted by Gasteiger charge is -2.09. The summed E-state index contributed by atoms with van der Waals surface area (Å²) in [6.45, 7) is 2.85. The topological polar surface area (TPSA) is 37.0 Å². The largest absolute Gasteiger partial charge is 0.496 e. The molecule has 0 aliphatic carbocycles. The smallest absolute Gasteiger partial charge is 0.121 e. The molecule has 3 heteroatoms. The fourth-order valence-electron chi connectivity index (χ4n) is 2.46. The molecule has 0 spiro atoms. The standard InChI is InChI=1S/C17H18N2O/c1-12-9-14(7-8-17(12)20-2)18-10-13-11-19-16-6-4-3-5-15(13)16/h3-9,11,18-19H,10H2,1-2H3. The predicted molar refractivity (Wildman–Crippen MR) is 83.4 cm³/mol. The van der Waals surface area contributed by atoms with Gasteiger partial charge < -0.3 is 15.0 Å². The maximum absolute atomic E-state index is 5.28. The van der Waals surface area contributed by atoms with Crippen molar-refractivity contribution in [3.63, 3.8) is 0 Å². The maximum Gasteiger partial charge on any atom is 0.121 e. The van der Waals surface area contributed by atoms with E-state index in [2.05, 4.69) is 47.7 Å². The van der Waals surface area contributed by atoms with Gasteiger partial charge in [-0.05, 0) is 42.3 Å². The van der Waals surface area contributed by atoms with Crippen LogP contribution >= 0.6 is 0 Å². The second-order valence-electron chi connectivity index (χ2n) is 4.90. The molecule has 2 N–H and O–H groups in total. The Hall–Kier alpha value is -2.42. The summed E-state index contributed by atoms with van der Waals surface area (Å²) in [6, 6.07) is 14.5. The second kappa shape index (κ2) is 5.29. The highest BCUT2D eigenvalue weighted by Crippen LogP contribution is 2.23. The van der Waals surface area contributed by atoms with E-state index in [0.717, 1.165) is 23.5 Å². The maximum atomic E-state index is 5.28. The first-order chi connectivity index (χ1) is 9.78. The third-order valence-corrected chi connectivity index (χ3v) is 3.55. The van der Waals surface area contributed by atoms with Crippen LogP contribution in [0.1, 0.15) is 11.1 Å². The van der Waals surface area contributed by atoms with Crippen molar-refractivity contribution in [1.82, 2.24) is 4.98 Å². The number of fused-ring (bicyclic) bond motifs is 1. The number of aryl methyl sites for hydroxylation is 1. The van der Waals surface area contributed by atoms with Gasteiger partial charge in [-0.2, -0.15) is 0 Å². The van der Waals surface area contributed by atoms with E-state index in [9.17, 15) is 0 Å². The minimum absolute atomic E-state index is 0.801. The molecule has 1 aromatic heterocycles. The molecule has 0 aliphatic heterocycles. The van der Waals surface area contributed by atoms with Crippen LogP contribution in [-0.4, -0.2) is 12.1 Å². The number of ether oxygens (including phenoxy) is 1. The number of methoxy groups -OCH3 is 1. The Morgan fingerprint density at radius 1 is 1.15 bits per heavy atom. The minimum atomic E-state index is 0.801. The first-order valence-electron chi connectivity index (χ1n) is 6.71. The number of H-pyrrole nitrogens is 1. The van der Waals surface area contributed by atoms with Crippen LogP contribution in [0.4, 0.5) is 5.69 Å². The number of hydrogen-bond donors (Lipinski definition) is 2. The molecule has 0 radical (unpaired) electrons. The Bertz CT molecular complexity index is 731. The average molecular weight is 266 g/mol. The molecule has 3 rings (SSSR count). The summed E-state index contributed by atoms with van der Waals surface area (Å²) in [4.78, 5) is 3.29. The molecule has 1 heterocycles. The molecular formula is C17H18N2O. The first-order valence-corrected chi connectivity index (χ1v) is 6.71. The van der Waals surface area contributed by atoms with Crippen LogP contribution in [0.25, 0.3) is 10.9 Å². The van der Waals surface area contributed by atoms with Crippen LogP contribution in [0.15, 0.2) is 48.7 Å². The van der Waals surface area contributed by atoms with Gasteiger partial charge in [0.25, 0.3) is 0 Å². The molecule has 0 unspecified atom stereocenters. The van der Waals surface area contributed by atoms with Crippen LogP contribution < -0.4 is 10.1 Å². The summed E-state index contributed by atoms with van der Waals surface area (Å²) in [5, 5.41) is 4.72. The van der Waals surface area contributed by atoms with Crippen molar-refractivity contribution in [3.05, 3.63) is 59.8 Å². The molecule has 20 heavy (non-hydrogen) atoms. The van der Waals surface area contributed by atoms with Crippen molar-refractivity contribution in [2.75, 3.05) is 12.4 Å². The van der Waals surface area contributed by atoms with E-state index < -0.39 is 0 Å². The Labute approximate surface area is 118 Å².